The predicted molar refractivity (Wildman–Crippen MR) is 93.0 cm³/mol. The van der Waals surface area contributed by atoms with Crippen LogP contribution in [0.5, 0.6) is 5.75 Å². The highest BCUT2D eigenvalue weighted by molar-refractivity contribution is 6.03. The quantitative estimate of drug-likeness (QED) is 0.935. The van der Waals surface area contributed by atoms with Gasteiger partial charge in [-0.3, -0.25) is 4.79 Å². The fraction of sp³-hybridized carbons (Fsp3) is 0.333. The predicted octanol–water partition coefficient (Wildman–Crippen LogP) is 2.49. The number of ether oxygens (including phenoxy) is 2. The Hall–Kier alpha value is -2.60. The summed E-state index contributed by atoms with van der Waals surface area (Å²) in [4.78, 5) is 18.9. The Morgan fingerprint density at radius 2 is 2.04 bits per heavy atom. The molecule has 1 aromatic carbocycles. The van der Waals surface area contributed by atoms with E-state index < -0.39 is 0 Å². The summed E-state index contributed by atoms with van der Waals surface area (Å²) in [6, 6.07) is 9.30. The molecule has 1 aliphatic heterocycles. The third-order valence-corrected chi connectivity index (χ3v) is 3.96. The summed E-state index contributed by atoms with van der Waals surface area (Å²) in [5.41, 5.74) is 3.06. The van der Waals surface area contributed by atoms with Gasteiger partial charge in [0.2, 0.25) is 0 Å². The van der Waals surface area contributed by atoms with Gasteiger partial charge in [0.15, 0.2) is 0 Å². The van der Waals surface area contributed by atoms with Crippen molar-refractivity contribution >= 4 is 17.3 Å². The molecule has 24 heavy (non-hydrogen) atoms. The molecule has 6 nitrogen and oxygen atoms in total. The van der Waals surface area contributed by atoms with Crippen LogP contribution in [0.2, 0.25) is 0 Å². The molecule has 2 aromatic rings. The molecule has 3 rings (SSSR count). The second-order valence-corrected chi connectivity index (χ2v) is 5.66. The number of anilines is 2. The van der Waals surface area contributed by atoms with E-state index in [0.717, 1.165) is 37.6 Å². The molecule has 126 valence electrons. The molecule has 1 aromatic heterocycles. The van der Waals surface area contributed by atoms with Crippen molar-refractivity contribution in [3.8, 4) is 5.75 Å². The molecule has 1 fully saturated rings. The second-order valence-electron chi connectivity index (χ2n) is 5.66. The van der Waals surface area contributed by atoms with E-state index in [-0.39, 0.29) is 5.91 Å². The normalized spacial score (nSPS) is 14.3. The third-order valence-electron chi connectivity index (χ3n) is 3.96. The van der Waals surface area contributed by atoms with Crippen LogP contribution in [-0.2, 0) is 4.74 Å². The molecular formula is C18H21N3O3. The van der Waals surface area contributed by atoms with Gasteiger partial charge in [-0.2, -0.15) is 0 Å². The van der Waals surface area contributed by atoms with E-state index in [0.29, 0.717) is 17.1 Å². The highest BCUT2D eigenvalue weighted by atomic mass is 16.5. The third kappa shape index (κ3) is 3.65. The Kier molecular flexibility index (Phi) is 4.96. The first kappa shape index (κ1) is 16.3. The smallest absolute Gasteiger partial charge is 0.274 e. The first-order valence-electron chi connectivity index (χ1n) is 7.92. The zero-order valence-electron chi connectivity index (χ0n) is 13.9. The fourth-order valence-electron chi connectivity index (χ4n) is 2.63. The van der Waals surface area contributed by atoms with Crippen LogP contribution >= 0.6 is 0 Å². The van der Waals surface area contributed by atoms with Crippen molar-refractivity contribution in [3.05, 3.63) is 47.8 Å². The summed E-state index contributed by atoms with van der Waals surface area (Å²) in [5, 5.41) is 2.86. The summed E-state index contributed by atoms with van der Waals surface area (Å²) in [5.74, 6) is 0.367. The maximum atomic E-state index is 12.4. The number of morpholine rings is 1. The molecule has 0 atom stereocenters. The lowest BCUT2D eigenvalue weighted by Crippen LogP contribution is -2.36. The number of aryl methyl sites for hydroxylation is 1. The minimum atomic E-state index is -0.257. The van der Waals surface area contributed by atoms with Crippen LogP contribution in [0.4, 0.5) is 11.4 Å². The molecule has 0 aliphatic carbocycles. The number of aromatic nitrogens is 1. The number of benzene rings is 1. The number of carbonyl (C=O) groups excluding carboxylic acids is 1. The van der Waals surface area contributed by atoms with Crippen LogP contribution in [0.25, 0.3) is 0 Å². The van der Waals surface area contributed by atoms with Gasteiger partial charge in [-0.15, -0.1) is 0 Å². The van der Waals surface area contributed by atoms with E-state index in [4.69, 9.17) is 9.47 Å². The summed E-state index contributed by atoms with van der Waals surface area (Å²) >= 11 is 0. The highest BCUT2D eigenvalue weighted by Gasteiger charge is 2.14. The summed E-state index contributed by atoms with van der Waals surface area (Å²) in [6.07, 6.45) is 1.73. The van der Waals surface area contributed by atoms with Crippen molar-refractivity contribution in [2.75, 3.05) is 43.6 Å². The largest absolute Gasteiger partial charge is 0.495 e. The molecule has 0 spiro atoms. The molecule has 6 heteroatoms. The van der Waals surface area contributed by atoms with Crippen LogP contribution in [0, 0.1) is 6.92 Å². The average Bonchev–Trinajstić information content (AvgIpc) is 2.63. The van der Waals surface area contributed by atoms with E-state index in [1.807, 2.05) is 31.2 Å². The first-order chi connectivity index (χ1) is 11.7. The molecule has 0 saturated carbocycles. The molecule has 2 heterocycles. The van der Waals surface area contributed by atoms with Gasteiger partial charge in [-0.05, 0) is 36.8 Å². The first-order valence-corrected chi connectivity index (χ1v) is 7.92. The molecule has 1 amide bonds. The SMILES string of the molecule is COc1ccc(C)cc1NC(=O)c1ccc(N2CCOCC2)cn1. The van der Waals surface area contributed by atoms with Gasteiger partial charge >= 0.3 is 0 Å². The Balaban J connectivity index is 1.72. The summed E-state index contributed by atoms with van der Waals surface area (Å²) < 4.78 is 10.6. The highest BCUT2D eigenvalue weighted by Crippen LogP contribution is 2.25. The van der Waals surface area contributed by atoms with Crippen LogP contribution in [0.1, 0.15) is 16.1 Å². The number of amides is 1. The van der Waals surface area contributed by atoms with E-state index in [1.54, 1.807) is 19.4 Å². The number of nitrogens with zero attached hydrogens (tertiary/aromatic N) is 2. The number of methoxy groups -OCH3 is 1. The zero-order valence-corrected chi connectivity index (χ0v) is 13.9. The minimum Gasteiger partial charge on any atom is -0.495 e. The fourth-order valence-corrected chi connectivity index (χ4v) is 2.63. The Labute approximate surface area is 141 Å². The monoisotopic (exact) mass is 327 g/mol. The van der Waals surface area contributed by atoms with Gasteiger partial charge in [-0.25, -0.2) is 4.98 Å². The molecule has 0 unspecified atom stereocenters. The topological polar surface area (TPSA) is 63.7 Å². The van der Waals surface area contributed by atoms with Gasteiger partial charge in [0.05, 0.1) is 37.9 Å². The lowest BCUT2D eigenvalue weighted by molar-refractivity contribution is 0.102. The Morgan fingerprint density at radius 3 is 2.71 bits per heavy atom. The zero-order chi connectivity index (χ0) is 16.9. The van der Waals surface area contributed by atoms with Gasteiger partial charge in [0.25, 0.3) is 5.91 Å². The van der Waals surface area contributed by atoms with Crippen LogP contribution in [0.3, 0.4) is 0 Å². The lowest BCUT2D eigenvalue weighted by atomic mass is 10.2. The average molecular weight is 327 g/mol. The van der Waals surface area contributed by atoms with Crippen LogP contribution in [-0.4, -0.2) is 44.3 Å². The summed E-state index contributed by atoms with van der Waals surface area (Å²) in [7, 11) is 1.58. The van der Waals surface area contributed by atoms with Crippen molar-refractivity contribution in [2.45, 2.75) is 6.92 Å². The standard InChI is InChI=1S/C18H21N3O3/c1-13-3-6-17(23-2)16(11-13)20-18(22)15-5-4-14(12-19-15)21-7-9-24-10-8-21/h3-6,11-12H,7-10H2,1-2H3,(H,20,22). The lowest BCUT2D eigenvalue weighted by Gasteiger charge is -2.28. The number of rotatable bonds is 4. The maximum Gasteiger partial charge on any atom is 0.274 e. The van der Waals surface area contributed by atoms with Crippen LogP contribution in [0.15, 0.2) is 36.5 Å². The molecule has 1 saturated heterocycles. The van der Waals surface area contributed by atoms with Gasteiger partial charge in [-0.1, -0.05) is 6.07 Å². The Bertz CT molecular complexity index is 710. The van der Waals surface area contributed by atoms with Gasteiger partial charge in [0.1, 0.15) is 11.4 Å². The molecule has 0 bridgehead atoms. The van der Waals surface area contributed by atoms with Crippen LogP contribution < -0.4 is 15.0 Å². The van der Waals surface area contributed by atoms with Crippen molar-refractivity contribution in [3.63, 3.8) is 0 Å². The minimum absolute atomic E-state index is 0.257. The van der Waals surface area contributed by atoms with E-state index in [1.165, 1.54) is 0 Å². The van der Waals surface area contributed by atoms with Crippen molar-refractivity contribution in [1.29, 1.82) is 0 Å². The van der Waals surface area contributed by atoms with Crippen molar-refractivity contribution in [2.24, 2.45) is 0 Å². The van der Waals surface area contributed by atoms with Gasteiger partial charge < -0.3 is 19.7 Å². The Morgan fingerprint density at radius 1 is 1.25 bits per heavy atom. The summed E-state index contributed by atoms with van der Waals surface area (Å²) in [6.45, 7) is 5.08. The molecule has 1 aliphatic rings. The molecule has 0 radical (unpaired) electrons. The second kappa shape index (κ2) is 7.31. The number of pyridine rings is 1. The van der Waals surface area contributed by atoms with Gasteiger partial charge in [0, 0.05) is 13.1 Å². The number of hydrogen-bond acceptors (Lipinski definition) is 5. The van der Waals surface area contributed by atoms with E-state index >= 15 is 0 Å². The number of hydrogen-bond donors (Lipinski definition) is 1. The van der Waals surface area contributed by atoms with E-state index in [9.17, 15) is 4.79 Å². The van der Waals surface area contributed by atoms with Crippen molar-refractivity contribution in [1.82, 2.24) is 4.98 Å². The number of nitrogens with one attached hydrogen (secondary N) is 1. The van der Waals surface area contributed by atoms with Crippen molar-refractivity contribution < 1.29 is 14.3 Å². The van der Waals surface area contributed by atoms with E-state index in [2.05, 4.69) is 15.2 Å². The maximum absolute atomic E-state index is 12.4. The molecular weight excluding hydrogens is 306 g/mol. The number of carbonyl (C=O) groups is 1. The molecule has 1 N–H and O–H groups in total.